The van der Waals surface area contributed by atoms with Gasteiger partial charge in [-0.3, -0.25) is 4.79 Å². The van der Waals surface area contributed by atoms with E-state index < -0.39 is 22.0 Å². The van der Waals surface area contributed by atoms with Crippen molar-refractivity contribution in [2.24, 2.45) is 5.92 Å². The van der Waals surface area contributed by atoms with Gasteiger partial charge in [0.1, 0.15) is 6.04 Å². The number of hydrogen-bond donors (Lipinski definition) is 3. The largest absolute Gasteiger partial charge is 0.480 e. The lowest BCUT2D eigenvalue weighted by Gasteiger charge is -2.25. The maximum absolute atomic E-state index is 12.3. The fourth-order valence-electron chi connectivity index (χ4n) is 3.73. The van der Waals surface area contributed by atoms with Gasteiger partial charge in [0, 0.05) is 12.6 Å². The van der Waals surface area contributed by atoms with Crippen LogP contribution in [-0.2, 0) is 27.1 Å². The van der Waals surface area contributed by atoms with Gasteiger partial charge in [-0.2, -0.15) is 0 Å². The van der Waals surface area contributed by atoms with Gasteiger partial charge < -0.3 is 10.4 Å². The molecule has 0 saturated heterocycles. The maximum atomic E-state index is 12.3. The van der Waals surface area contributed by atoms with Crippen molar-refractivity contribution in [1.82, 2.24) is 10.0 Å². The summed E-state index contributed by atoms with van der Waals surface area (Å²) in [5, 5.41) is 12.4. The van der Waals surface area contributed by atoms with Gasteiger partial charge in [-0.15, -0.1) is 0 Å². The van der Waals surface area contributed by atoms with Crippen molar-refractivity contribution in [3.63, 3.8) is 0 Å². The molecule has 0 aromatic heterocycles. The van der Waals surface area contributed by atoms with Crippen molar-refractivity contribution in [3.8, 4) is 0 Å². The van der Waals surface area contributed by atoms with Crippen LogP contribution in [0.4, 0.5) is 0 Å². The summed E-state index contributed by atoms with van der Waals surface area (Å²) in [7, 11) is -3.72. The molecule has 0 heterocycles. The van der Waals surface area contributed by atoms with E-state index in [2.05, 4.69) is 17.0 Å². The van der Waals surface area contributed by atoms with E-state index >= 15 is 0 Å². The number of hydrogen-bond acceptors (Lipinski definition) is 4. The summed E-state index contributed by atoms with van der Waals surface area (Å²) in [4.78, 5) is 10.9. The smallest absolute Gasteiger partial charge is 0.321 e. The Hall–Kier alpha value is -1.44. The summed E-state index contributed by atoms with van der Waals surface area (Å²) in [6.07, 6.45) is 7.80. The quantitative estimate of drug-likeness (QED) is 0.565. The van der Waals surface area contributed by atoms with Crippen LogP contribution >= 0.6 is 0 Å². The summed E-state index contributed by atoms with van der Waals surface area (Å²) in [5.41, 5.74) is 1.63. The third-order valence-electron chi connectivity index (χ3n) is 5.24. The molecule has 3 N–H and O–H groups in total. The maximum Gasteiger partial charge on any atom is 0.321 e. The van der Waals surface area contributed by atoms with Gasteiger partial charge in [0.2, 0.25) is 10.0 Å². The predicted octanol–water partition coefficient (Wildman–Crippen LogP) is 3.03. The van der Waals surface area contributed by atoms with E-state index in [1.807, 2.05) is 12.1 Å². The average Bonchev–Trinajstić information content (AvgIpc) is 2.61. The highest BCUT2D eigenvalue weighted by atomic mass is 32.2. The van der Waals surface area contributed by atoms with Crippen LogP contribution in [0.5, 0.6) is 0 Å². The second-order valence-corrected chi connectivity index (χ2v) is 9.48. The molecule has 1 fully saturated rings. The number of sulfonamides is 1. The van der Waals surface area contributed by atoms with Gasteiger partial charge in [-0.25, -0.2) is 13.1 Å². The van der Waals surface area contributed by atoms with Crippen LogP contribution in [0, 0.1) is 5.92 Å². The molecule has 1 saturated carbocycles. The van der Waals surface area contributed by atoms with E-state index in [1.54, 1.807) is 12.1 Å². The van der Waals surface area contributed by atoms with Crippen LogP contribution in [0.15, 0.2) is 24.3 Å². The zero-order valence-electron chi connectivity index (χ0n) is 16.3. The van der Waals surface area contributed by atoms with Gasteiger partial charge in [-0.1, -0.05) is 56.4 Å². The highest BCUT2D eigenvalue weighted by Gasteiger charge is 2.21. The molecule has 2 atom stereocenters. The first-order chi connectivity index (χ1) is 12.8. The highest BCUT2D eigenvalue weighted by molar-refractivity contribution is 7.88. The fraction of sp³-hybridized carbons (Fsp3) is 0.650. The lowest BCUT2D eigenvalue weighted by molar-refractivity contribution is -0.138. The Morgan fingerprint density at radius 2 is 1.78 bits per heavy atom. The predicted molar refractivity (Wildman–Crippen MR) is 107 cm³/mol. The number of benzene rings is 1. The Balaban J connectivity index is 1.93. The molecule has 1 aliphatic carbocycles. The lowest BCUT2D eigenvalue weighted by Crippen LogP contribution is -2.39. The van der Waals surface area contributed by atoms with E-state index in [0.29, 0.717) is 18.2 Å². The summed E-state index contributed by atoms with van der Waals surface area (Å²) in [6.45, 7) is 4.11. The second-order valence-electron chi connectivity index (χ2n) is 7.73. The van der Waals surface area contributed by atoms with E-state index in [4.69, 9.17) is 5.11 Å². The third-order valence-corrected chi connectivity index (χ3v) is 6.65. The third kappa shape index (κ3) is 7.60. The molecule has 0 spiro atoms. The number of carbonyl (C=O) groups is 1. The van der Waals surface area contributed by atoms with Crippen molar-refractivity contribution >= 4 is 16.0 Å². The Morgan fingerprint density at radius 3 is 2.41 bits per heavy atom. The van der Waals surface area contributed by atoms with Crippen molar-refractivity contribution in [2.45, 2.75) is 76.8 Å². The Morgan fingerprint density at radius 1 is 1.15 bits per heavy atom. The molecule has 1 aliphatic rings. The SMILES string of the molecule is CC(CC1CCCCC1)NCc1ccccc1CS(=O)(=O)NC(C)C(=O)O. The van der Waals surface area contributed by atoms with Gasteiger partial charge >= 0.3 is 5.97 Å². The first kappa shape index (κ1) is 21.9. The standard InChI is InChI=1S/C20H32N2O4S/c1-15(12-17-8-4-3-5-9-17)21-13-18-10-6-7-11-19(18)14-27(25,26)22-16(2)20(23)24/h6-7,10-11,15-17,21-22H,3-5,8-9,12-14H2,1-2H3,(H,23,24). The number of carboxylic acid groups (broad SMARTS) is 1. The summed E-state index contributed by atoms with van der Waals surface area (Å²) >= 11 is 0. The second kappa shape index (κ2) is 10.2. The first-order valence-corrected chi connectivity index (χ1v) is 11.4. The molecule has 27 heavy (non-hydrogen) atoms. The molecule has 2 unspecified atom stereocenters. The van der Waals surface area contributed by atoms with Crippen LogP contribution in [0.2, 0.25) is 0 Å². The Bertz CT molecular complexity index is 714. The minimum absolute atomic E-state index is 0.223. The molecule has 0 amide bonds. The summed E-state index contributed by atoms with van der Waals surface area (Å²) in [6, 6.07) is 6.64. The van der Waals surface area contributed by atoms with E-state index in [9.17, 15) is 13.2 Å². The van der Waals surface area contributed by atoms with Crippen LogP contribution < -0.4 is 10.0 Å². The first-order valence-electron chi connectivity index (χ1n) is 9.80. The number of aliphatic carboxylic acids is 1. The molecule has 2 rings (SSSR count). The molecule has 1 aromatic carbocycles. The van der Waals surface area contributed by atoms with Crippen LogP contribution in [0.25, 0.3) is 0 Å². The highest BCUT2D eigenvalue weighted by Crippen LogP contribution is 2.27. The monoisotopic (exact) mass is 396 g/mol. The van der Waals surface area contributed by atoms with Crippen molar-refractivity contribution < 1.29 is 18.3 Å². The summed E-state index contributed by atoms with van der Waals surface area (Å²) in [5.74, 6) is -0.622. The zero-order chi connectivity index (χ0) is 19.9. The van der Waals surface area contributed by atoms with Crippen molar-refractivity contribution in [3.05, 3.63) is 35.4 Å². The van der Waals surface area contributed by atoms with Crippen LogP contribution in [0.1, 0.15) is 63.5 Å². The Kier molecular flexibility index (Phi) is 8.26. The van der Waals surface area contributed by atoms with Gasteiger partial charge in [-0.05, 0) is 37.3 Å². The molecule has 0 bridgehead atoms. The van der Waals surface area contributed by atoms with Gasteiger partial charge in [0.05, 0.1) is 5.75 Å². The van der Waals surface area contributed by atoms with Gasteiger partial charge in [0.15, 0.2) is 0 Å². The molecule has 1 aromatic rings. The van der Waals surface area contributed by atoms with Crippen LogP contribution in [-0.4, -0.2) is 31.6 Å². The molecule has 7 heteroatoms. The topological polar surface area (TPSA) is 95.5 Å². The molecule has 0 radical (unpaired) electrons. The molecular weight excluding hydrogens is 364 g/mol. The van der Waals surface area contributed by atoms with Gasteiger partial charge in [0.25, 0.3) is 0 Å². The van der Waals surface area contributed by atoms with Crippen LogP contribution in [0.3, 0.4) is 0 Å². The Labute approximate surface area is 162 Å². The van der Waals surface area contributed by atoms with Crippen molar-refractivity contribution in [1.29, 1.82) is 0 Å². The molecular formula is C20H32N2O4S. The lowest BCUT2D eigenvalue weighted by atomic mass is 9.85. The zero-order valence-corrected chi connectivity index (χ0v) is 17.1. The summed E-state index contributed by atoms with van der Waals surface area (Å²) < 4.78 is 26.7. The minimum atomic E-state index is -3.72. The number of carboxylic acids is 1. The van der Waals surface area contributed by atoms with E-state index in [0.717, 1.165) is 17.9 Å². The van der Waals surface area contributed by atoms with E-state index in [-0.39, 0.29) is 5.75 Å². The molecule has 152 valence electrons. The normalized spacial score (nSPS) is 18.1. The molecule has 0 aliphatic heterocycles. The minimum Gasteiger partial charge on any atom is -0.480 e. The average molecular weight is 397 g/mol. The molecule has 6 nitrogen and oxygen atoms in total. The fourth-order valence-corrected chi connectivity index (χ4v) is 5.14. The van der Waals surface area contributed by atoms with E-state index in [1.165, 1.54) is 39.0 Å². The number of rotatable bonds is 10. The number of nitrogens with one attached hydrogen (secondary N) is 2. The van der Waals surface area contributed by atoms with Crippen molar-refractivity contribution in [2.75, 3.05) is 0 Å².